The summed E-state index contributed by atoms with van der Waals surface area (Å²) in [5, 5.41) is 3.23. The average Bonchev–Trinajstić information content (AvgIpc) is 2.95. The molecule has 1 aromatic rings. The first kappa shape index (κ1) is 15.2. The number of aryl methyl sites for hydroxylation is 1. The Morgan fingerprint density at radius 1 is 1.20 bits per heavy atom. The summed E-state index contributed by atoms with van der Waals surface area (Å²) in [7, 11) is -4.02. The second kappa shape index (κ2) is 6.03. The predicted octanol–water partition coefficient (Wildman–Crippen LogP) is 1.43. The maximum atomic E-state index is 11.0. The van der Waals surface area contributed by atoms with Crippen molar-refractivity contribution in [2.24, 2.45) is 11.8 Å². The molecule has 2 fully saturated rings. The largest absolute Gasteiger partial charge is 0.316 e. The van der Waals surface area contributed by atoms with Crippen LogP contribution in [0.25, 0.3) is 0 Å². The van der Waals surface area contributed by atoms with E-state index < -0.39 is 10.1 Å². The number of fused-ring (bicyclic) bond motifs is 1. The fourth-order valence-electron chi connectivity index (χ4n) is 2.64. The van der Waals surface area contributed by atoms with E-state index in [0.29, 0.717) is 17.6 Å². The van der Waals surface area contributed by atoms with Crippen LogP contribution in [0.1, 0.15) is 18.4 Å². The third kappa shape index (κ3) is 3.65. The van der Waals surface area contributed by atoms with Gasteiger partial charge in [-0.3, -0.25) is 9.35 Å². The molecule has 2 aliphatic rings. The molecule has 0 bridgehead atoms. The van der Waals surface area contributed by atoms with E-state index in [1.807, 2.05) is 6.92 Å². The second-order valence-corrected chi connectivity index (χ2v) is 6.74. The number of carbonyl (C=O) groups is 1. The van der Waals surface area contributed by atoms with E-state index in [1.165, 1.54) is 12.1 Å². The SMILES string of the molecule is Cc1ccc(S(=O)(=O)O)cc1.O=C1CC[C@H]2CNC[C@@H]12. The van der Waals surface area contributed by atoms with Gasteiger partial charge in [0.1, 0.15) is 5.78 Å². The standard InChI is InChI=1S/C7H11NO.C7H8O3S/c9-7-2-1-5-3-8-4-6(5)7;1-6-2-4-7(5-3-6)11(8,9)10/h5-6,8H,1-4H2;2-5H,1H3,(H,8,9,10)/t5-,6+;/m0./s1. The monoisotopic (exact) mass is 297 g/mol. The molecule has 1 aliphatic heterocycles. The molecule has 0 spiro atoms. The summed E-state index contributed by atoms with van der Waals surface area (Å²) in [5.41, 5.74) is 0.956. The van der Waals surface area contributed by atoms with Crippen molar-refractivity contribution >= 4 is 15.9 Å². The van der Waals surface area contributed by atoms with Crippen LogP contribution in [-0.4, -0.2) is 31.8 Å². The van der Waals surface area contributed by atoms with Gasteiger partial charge in [0.25, 0.3) is 10.1 Å². The number of nitrogens with one attached hydrogen (secondary N) is 1. The maximum absolute atomic E-state index is 11.0. The highest BCUT2D eigenvalue weighted by Gasteiger charge is 2.37. The van der Waals surface area contributed by atoms with Gasteiger partial charge in [0.05, 0.1) is 4.90 Å². The number of hydrogen-bond acceptors (Lipinski definition) is 4. The van der Waals surface area contributed by atoms with Gasteiger partial charge in [-0.15, -0.1) is 0 Å². The Balaban J connectivity index is 0.000000149. The lowest BCUT2D eigenvalue weighted by molar-refractivity contribution is -0.120. The Labute approximate surface area is 119 Å². The molecular weight excluding hydrogens is 278 g/mol. The zero-order valence-electron chi connectivity index (χ0n) is 11.4. The molecule has 0 radical (unpaired) electrons. The topological polar surface area (TPSA) is 83.5 Å². The van der Waals surface area contributed by atoms with Crippen LogP contribution in [-0.2, 0) is 14.9 Å². The Hall–Kier alpha value is -1.24. The molecule has 1 aliphatic carbocycles. The van der Waals surface area contributed by atoms with Crippen molar-refractivity contribution in [1.82, 2.24) is 5.32 Å². The maximum Gasteiger partial charge on any atom is 0.294 e. The summed E-state index contributed by atoms with van der Waals surface area (Å²) in [6.45, 7) is 3.87. The predicted molar refractivity (Wildman–Crippen MR) is 75.1 cm³/mol. The van der Waals surface area contributed by atoms with Crippen molar-refractivity contribution in [3.63, 3.8) is 0 Å². The zero-order chi connectivity index (χ0) is 14.8. The van der Waals surface area contributed by atoms with Crippen LogP contribution in [0.5, 0.6) is 0 Å². The van der Waals surface area contributed by atoms with E-state index in [9.17, 15) is 13.2 Å². The second-order valence-electron chi connectivity index (χ2n) is 5.32. The van der Waals surface area contributed by atoms with Gasteiger partial charge in [-0.25, -0.2) is 0 Å². The molecule has 1 aromatic carbocycles. The first-order valence-electron chi connectivity index (χ1n) is 6.65. The van der Waals surface area contributed by atoms with Gasteiger partial charge in [-0.05, 0) is 37.9 Å². The van der Waals surface area contributed by atoms with E-state index in [2.05, 4.69) is 5.32 Å². The first-order chi connectivity index (χ1) is 9.38. The smallest absolute Gasteiger partial charge is 0.294 e. The van der Waals surface area contributed by atoms with Gasteiger partial charge in [-0.2, -0.15) is 8.42 Å². The van der Waals surface area contributed by atoms with Gasteiger partial charge in [0.2, 0.25) is 0 Å². The molecule has 0 amide bonds. The van der Waals surface area contributed by atoms with Crippen LogP contribution in [0.2, 0.25) is 0 Å². The van der Waals surface area contributed by atoms with Gasteiger partial charge in [0.15, 0.2) is 0 Å². The summed E-state index contributed by atoms with van der Waals surface area (Å²) >= 11 is 0. The van der Waals surface area contributed by atoms with Crippen LogP contribution in [0.15, 0.2) is 29.2 Å². The van der Waals surface area contributed by atoms with E-state index >= 15 is 0 Å². The van der Waals surface area contributed by atoms with Gasteiger partial charge in [-0.1, -0.05) is 17.7 Å². The van der Waals surface area contributed by atoms with Crippen LogP contribution in [0, 0.1) is 18.8 Å². The molecule has 110 valence electrons. The summed E-state index contributed by atoms with van der Waals surface area (Å²) in [6.07, 6.45) is 1.98. The number of carbonyl (C=O) groups excluding carboxylic acids is 1. The lowest BCUT2D eigenvalue weighted by atomic mass is 10.0. The van der Waals surface area contributed by atoms with Gasteiger partial charge in [0, 0.05) is 18.9 Å². The van der Waals surface area contributed by atoms with Crippen LogP contribution >= 0.6 is 0 Å². The Bertz CT molecular complexity index is 580. The fraction of sp³-hybridized carbons (Fsp3) is 0.500. The fourth-order valence-corrected chi connectivity index (χ4v) is 3.12. The number of hydrogen-bond donors (Lipinski definition) is 2. The number of rotatable bonds is 1. The Morgan fingerprint density at radius 2 is 1.85 bits per heavy atom. The summed E-state index contributed by atoms with van der Waals surface area (Å²) in [4.78, 5) is 10.9. The summed E-state index contributed by atoms with van der Waals surface area (Å²) in [5.74, 6) is 1.58. The molecule has 2 N–H and O–H groups in total. The highest BCUT2D eigenvalue weighted by atomic mass is 32.2. The summed E-state index contributed by atoms with van der Waals surface area (Å²) in [6, 6.07) is 5.99. The van der Waals surface area contributed by atoms with E-state index in [1.54, 1.807) is 12.1 Å². The van der Waals surface area contributed by atoms with Crippen molar-refractivity contribution in [2.45, 2.75) is 24.7 Å². The van der Waals surface area contributed by atoms with Crippen molar-refractivity contribution in [2.75, 3.05) is 13.1 Å². The van der Waals surface area contributed by atoms with Crippen molar-refractivity contribution < 1.29 is 17.8 Å². The van der Waals surface area contributed by atoms with Crippen molar-refractivity contribution in [3.8, 4) is 0 Å². The average molecular weight is 297 g/mol. The molecule has 1 saturated carbocycles. The lowest BCUT2D eigenvalue weighted by Gasteiger charge is -2.01. The molecule has 2 atom stereocenters. The minimum absolute atomic E-state index is 0.0666. The van der Waals surface area contributed by atoms with Crippen LogP contribution in [0.4, 0.5) is 0 Å². The quantitative estimate of drug-likeness (QED) is 0.766. The highest BCUT2D eigenvalue weighted by molar-refractivity contribution is 7.85. The minimum atomic E-state index is -4.02. The highest BCUT2D eigenvalue weighted by Crippen LogP contribution is 2.30. The molecule has 6 heteroatoms. The number of benzene rings is 1. The minimum Gasteiger partial charge on any atom is -0.316 e. The van der Waals surface area contributed by atoms with Crippen molar-refractivity contribution in [3.05, 3.63) is 29.8 Å². The molecule has 0 aromatic heterocycles. The normalized spacial score (nSPS) is 25.0. The van der Waals surface area contributed by atoms with Gasteiger partial charge < -0.3 is 5.32 Å². The van der Waals surface area contributed by atoms with Gasteiger partial charge >= 0.3 is 0 Å². The zero-order valence-corrected chi connectivity index (χ0v) is 12.2. The molecule has 3 rings (SSSR count). The molecule has 20 heavy (non-hydrogen) atoms. The van der Waals surface area contributed by atoms with Crippen LogP contribution < -0.4 is 5.32 Å². The third-order valence-electron chi connectivity index (χ3n) is 3.83. The number of Topliss-reactive ketones (excluding diaryl/α,β-unsaturated/α-hetero) is 1. The van der Waals surface area contributed by atoms with E-state index in [4.69, 9.17) is 4.55 Å². The van der Waals surface area contributed by atoms with Crippen molar-refractivity contribution in [1.29, 1.82) is 0 Å². The third-order valence-corrected chi connectivity index (χ3v) is 4.70. The molecule has 5 nitrogen and oxygen atoms in total. The molecule has 0 unspecified atom stereocenters. The van der Waals surface area contributed by atoms with Crippen LogP contribution in [0.3, 0.4) is 0 Å². The molecule has 1 heterocycles. The Morgan fingerprint density at radius 3 is 2.40 bits per heavy atom. The van der Waals surface area contributed by atoms with E-state index in [0.717, 1.165) is 31.5 Å². The number of ketones is 1. The lowest BCUT2D eigenvalue weighted by Crippen LogP contribution is -2.14. The Kier molecular flexibility index (Phi) is 4.57. The molecule has 1 saturated heterocycles. The summed E-state index contributed by atoms with van der Waals surface area (Å²) < 4.78 is 29.6. The molecular formula is C14H19NO4S. The first-order valence-corrected chi connectivity index (χ1v) is 8.09. The van der Waals surface area contributed by atoms with E-state index in [-0.39, 0.29) is 4.90 Å².